The van der Waals surface area contributed by atoms with Crippen LogP contribution in [0.25, 0.3) is 0 Å². The van der Waals surface area contributed by atoms with Gasteiger partial charge in [-0.1, -0.05) is 43.2 Å². The maximum absolute atomic E-state index is 12.5. The minimum atomic E-state index is -0.0883. The van der Waals surface area contributed by atoms with E-state index in [9.17, 15) is 9.59 Å². The molecule has 1 fully saturated rings. The molecule has 1 atom stereocenters. The Morgan fingerprint density at radius 3 is 2.23 bits per heavy atom. The molecule has 1 unspecified atom stereocenters. The monoisotopic (exact) mass is 302 g/mol. The lowest BCUT2D eigenvalue weighted by Gasteiger charge is -2.30. The minimum absolute atomic E-state index is 0.0560. The molecule has 1 saturated heterocycles. The molecule has 1 heterocycles. The van der Waals surface area contributed by atoms with Gasteiger partial charge in [0.2, 0.25) is 11.8 Å². The largest absolute Gasteiger partial charge is 0.341 e. The van der Waals surface area contributed by atoms with Crippen molar-refractivity contribution >= 4 is 11.8 Å². The second kappa shape index (κ2) is 7.97. The molecule has 0 saturated carbocycles. The predicted molar refractivity (Wildman–Crippen MR) is 87.3 cm³/mol. The highest BCUT2D eigenvalue weighted by molar-refractivity contribution is 5.84. The molecule has 4 nitrogen and oxygen atoms in total. The van der Waals surface area contributed by atoms with E-state index in [1.807, 2.05) is 42.2 Å². The van der Waals surface area contributed by atoms with E-state index in [1.54, 1.807) is 4.90 Å². The molecule has 0 N–H and O–H groups in total. The van der Waals surface area contributed by atoms with Crippen molar-refractivity contribution in [3.05, 3.63) is 35.9 Å². The summed E-state index contributed by atoms with van der Waals surface area (Å²) < 4.78 is 0. The number of carbonyl (C=O) groups excluding carboxylic acids is 2. The summed E-state index contributed by atoms with van der Waals surface area (Å²) in [5.74, 6) is 0.0133. The Bertz CT molecular complexity index is 493. The highest BCUT2D eigenvalue weighted by atomic mass is 16.2. The normalized spacial score (nSPS) is 16.7. The second-order valence-corrected chi connectivity index (χ2v) is 6.03. The van der Waals surface area contributed by atoms with Crippen molar-refractivity contribution in [2.24, 2.45) is 0 Å². The van der Waals surface area contributed by atoms with Crippen LogP contribution < -0.4 is 0 Å². The lowest BCUT2D eigenvalue weighted by molar-refractivity contribution is -0.141. The molecule has 4 heteroatoms. The molecule has 1 aliphatic rings. The summed E-state index contributed by atoms with van der Waals surface area (Å²) in [6, 6.07) is 9.78. The maximum Gasteiger partial charge on any atom is 0.242 e. The summed E-state index contributed by atoms with van der Waals surface area (Å²) in [5.41, 5.74) is 1.06. The van der Waals surface area contributed by atoms with Crippen molar-refractivity contribution in [1.29, 1.82) is 0 Å². The van der Waals surface area contributed by atoms with Gasteiger partial charge in [0.05, 0.1) is 6.04 Å². The van der Waals surface area contributed by atoms with Gasteiger partial charge in [0, 0.05) is 20.0 Å². The molecule has 22 heavy (non-hydrogen) atoms. The first-order chi connectivity index (χ1) is 10.6. The van der Waals surface area contributed by atoms with Gasteiger partial charge in [0.25, 0.3) is 0 Å². The van der Waals surface area contributed by atoms with Crippen LogP contribution in [0.4, 0.5) is 0 Å². The van der Waals surface area contributed by atoms with Crippen LogP contribution in [0, 0.1) is 0 Å². The van der Waals surface area contributed by atoms with E-state index >= 15 is 0 Å². The van der Waals surface area contributed by atoms with E-state index in [4.69, 9.17) is 0 Å². The predicted octanol–water partition coefficient (Wildman–Crippen LogP) is 3.00. The number of benzene rings is 1. The maximum atomic E-state index is 12.5. The third kappa shape index (κ3) is 4.33. The molecule has 0 aliphatic carbocycles. The van der Waals surface area contributed by atoms with E-state index < -0.39 is 0 Å². The van der Waals surface area contributed by atoms with Gasteiger partial charge in [-0.25, -0.2) is 0 Å². The summed E-state index contributed by atoms with van der Waals surface area (Å²) in [6.07, 6.45) is 4.53. The number of rotatable bonds is 4. The molecule has 0 aromatic heterocycles. The molecular formula is C18H26N2O2. The van der Waals surface area contributed by atoms with Crippen molar-refractivity contribution in [3.63, 3.8) is 0 Å². The first-order valence-electron chi connectivity index (χ1n) is 8.19. The fraction of sp³-hybridized carbons (Fsp3) is 0.556. The number of amides is 2. The van der Waals surface area contributed by atoms with Gasteiger partial charge >= 0.3 is 0 Å². The highest BCUT2D eigenvalue weighted by Gasteiger charge is 2.24. The van der Waals surface area contributed by atoms with Gasteiger partial charge in [-0.15, -0.1) is 0 Å². The first-order valence-corrected chi connectivity index (χ1v) is 8.19. The summed E-state index contributed by atoms with van der Waals surface area (Å²) in [6.45, 7) is 5.33. The Balaban J connectivity index is 2.05. The van der Waals surface area contributed by atoms with Crippen LogP contribution in [-0.2, 0) is 9.59 Å². The van der Waals surface area contributed by atoms with E-state index in [2.05, 4.69) is 0 Å². The van der Waals surface area contributed by atoms with Crippen LogP contribution in [0.15, 0.2) is 30.3 Å². The topological polar surface area (TPSA) is 40.6 Å². The van der Waals surface area contributed by atoms with Crippen LogP contribution in [0.1, 0.15) is 51.1 Å². The molecule has 0 bridgehead atoms. The van der Waals surface area contributed by atoms with Gasteiger partial charge in [0.1, 0.15) is 6.54 Å². The minimum Gasteiger partial charge on any atom is -0.341 e. The number of carbonyl (C=O) groups is 2. The molecule has 1 aromatic rings. The summed E-state index contributed by atoms with van der Waals surface area (Å²) >= 11 is 0. The van der Waals surface area contributed by atoms with E-state index in [0.717, 1.165) is 31.5 Å². The van der Waals surface area contributed by atoms with Gasteiger partial charge in [-0.2, -0.15) is 0 Å². The Morgan fingerprint density at radius 1 is 1.09 bits per heavy atom. The van der Waals surface area contributed by atoms with Crippen molar-refractivity contribution in [1.82, 2.24) is 9.80 Å². The summed E-state index contributed by atoms with van der Waals surface area (Å²) in [7, 11) is 0. The van der Waals surface area contributed by atoms with E-state index in [0.29, 0.717) is 0 Å². The molecule has 0 spiro atoms. The van der Waals surface area contributed by atoms with Crippen LogP contribution in [0.2, 0.25) is 0 Å². The molecule has 2 amide bonds. The molecule has 120 valence electrons. The number of nitrogens with zero attached hydrogens (tertiary/aromatic N) is 2. The summed E-state index contributed by atoms with van der Waals surface area (Å²) in [5, 5.41) is 0. The van der Waals surface area contributed by atoms with Crippen LogP contribution in [0.3, 0.4) is 0 Å². The lowest BCUT2D eigenvalue weighted by atomic mass is 10.1. The van der Waals surface area contributed by atoms with Gasteiger partial charge in [0.15, 0.2) is 0 Å². The first kappa shape index (κ1) is 16.5. The Labute approximate surface area is 133 Å². The lowest BCUT2D eigenvalue weighted by Crippen LogP contribution is -2.43. The Kier molecular flexibility index (Phi) is 5.99. The van der Waals surface area contributed by atoms with Crippen LogP contribution in [0.5, 0.6) is 0 Å². The average molecular weight is 302 g/mol. The summed E-state index contributed by atoms with van der Waals surface area (Å²) in [4.78, 5) is 28.1. The Morgan fingerprint density at radius 2 is 1.68 bits per heavy atom. The highest BCUT2D eigenvalue weighted by Crippen LogP contribution is 2.20. The fourth-order valence-corrected chi connectivity index (χ4v) is 3.00. The Hall–Kier alpha value is -1.84. The SMILES string of the molecule is CC(=O)N(CC(=O)N1CCCCCC1)C(C)c1ccccc1. The zero-order valence-electron chi connectivity index (χ0n) is 13.6. The molecular weight excluding hydrogens is 276 g/mol. The van der Waals surface area contributed by atoms with Crippen LogP contribution >= 0.6 is 0 Å². The van der Waals surface area contributed by atoms with Gasteiger partial charge in [-0.05, 0) is 25.3 Å². The van der Waals surface area contributed by atoms with Gasteiger partial charge in [-0.3, -0.25) is 9.59 Å². The molecule has 2 rings (SSSR count). The van der Waals surface area contributed by atoms with Crippen molar-refractivity contribution in [2.45, 2.75) is 45.6 Å². The second-order valence-electron chi connectivity index (χ2n) is 6.03. The molecule has 1 aromatic carbocycles. The third-order valence-electron chi connectivity index (χ3n) is 4.42. The zero-order chi connectivity index (χ0) is 15.9. The van der Waals surface area contributed by atoms with Crippen molar-refractivity contribution in [3.8, 4) is 0 Å². The number of hydrogen-bond donors (Lipinski definition) is 0. The fourth-order valence-electron chi connectivity index (χ4n) is 3.00. The third-order valence-corrected chi connectivity index (χ3v) is 4.42. The van der Waals surface area contributed by atoms with Gasteiger partial charge < -0.3 is 9.80 Å². The van der Waals surface area contributed by atoms with Crippen molar-refractivity contribution in [2.75, 3.05) is 19.6 Å². The quantitative estimate of drug-likeness (QED) is 0.858. The van der Waals surface area contributed by atoms with E-state index in [1.165, 1.54) is 19.8 Å². The standard InChI is InChI=1S/C18H26N2O2/c1-15(17-10-6-5-7-11-17)20(16(2)21)14-18(22)19-12-8-3-4-9-13-19/h5-7,10-11,15H,3-4,8-9,12-14H2,1-2H3. The number of hydrogen-bond acceptors (Lipinski definition) is 2. The molecule has 1 aliphatic heterocycles. The van der Waals surface area contributed by atoms with Crippen molar-refractivity contribution < 1.29 is 9.59 Å². The number of likely N-dealkylation sites (tertiary alicyclic amines) is 1. The van der Waals surface area contributed by atoms with E-state index in [-0.39, 0.29) is 24.4 Å². The van der Waals surface area contributed by atoms with Crippen LogP contribution in [-0.4, -0.2) is 41.2 Å². The zero-order valence-corrected chi connectivity index (χ0v) is 13.6. The average Bonchev–Trinajstić information content (AvgIpc) is 2.81. The smallest absolute Gasteiger partial charge is 0.242 e. The molecule has 0 radical (unpaired) electrons.